The van der Waals surface area contributed by atoms with Crippen molar-refractivity contribution in [3.05, 3.63) is 36.5 Å². The Balaban J connectivity index is 3.40. The molecular formula is C68H129NO5. The SMILES string of the molecule is CCCCCCCC/C=C\CCCCCCCCCCCC(=O)OCCCCCCCCCCCCCC/C=C\CCCCCCCCCCC(=O)NC(CO)C(O)/C=C/CCCCCCCCCCCCCC. The molecule has 0 aromatic rings. The second-order valence-corrected chi connectivity index (χ2v) is 22.8. The Morgan fingerprint density at radius 1 is 0.365 bits per heavy atom. The van der Waals surface area contributed by atoms with Crippen LogP contribution in [0.25, 0.3) is 0 Å². The van der Waals surface area contributed by atoms with E-state index in [0.717, 1.165) is 44.9 Å². The smallest absolute Gasteiger partial charge is 0.305 e. The van der Waals surface area contributed by atoms with Crippen molar-refractivity contribution in [3.8, 4) is 0 Å². The van der Waals surface area contributed by atoms with E-state index in [2.05, 4.69) is 43.5 Å². The molecule has 0 saturated carbocycles. The van der Waals surface area contributed by atoms with Crippen LogP contribution < -0.4 is 5.32 Å². The van der Waals surface area contributed by atoms with E-state index < -0.39 is 12.1 Å². The third-order valence-corrected chi connectivity index (χ3v) is 15.4. The number of hydrogen-bond donors (Lipinski definition) is 3. The third-order valence-electron chi connectivity index (χ3n) is 15.4. The van der Waals surface area contributed by atoms with Crippen LogP contribution in [0, 0.1) is 0 Å². The highest BCUT2D eigenvalue weighted by Gasteiger charge is 2.18. The Bertz CT molecular complexity index is 1200. The number of hydrogen-bond acceptors (Lipinski definition) is 5. The molecule has 0 fully saturated rings. The molecule has 74 heavy (non-hydrogen) atoms. The summed E-state index contributed by atoms with van der Waals surface area (Å²) in [4.78, 5) is 24.6. The molecular weight excluding hydrogens is 911 g/mol. The second-order valence-electron chi connectivity index (χ2n) is 22.8. The van der Waals surface area contributed by atoms with Crippen LogP contribution in [0.1, 0.15) is 361 Å². The lowest BCUT2D eigenvalue weighted by molar-refractivity contribution is -0.143. The molecule has 436 valence electrons. The number of carbonyl (C=O) groups excluding carboxylic acids is 2. The van der Waals surface area contributed by atoms with Crippen LogP contribution >= 0.6 is 0 Å². The second kappa shape index (κ2) is 63.6. The van der Waals surface area contributed by atoms with Gasteiger partial charge in [-0.15, -0.1) is 0 Å². The van der Waals surface area contributed by atoms with Gasteiger partial charge < -0.3 is 20.3 Å². The van der Waals surface area contributed by atoms with E-state index in [9.17, 15) is 19.8 Å². The number of nitrogens with one attached hydrogen (secondary N) is 1. The summed E-state index contributed by atoms with van der Waals surface area (Å²) >= 11 is 0. The van der Waals surface area contributed by atoms with Crippen LogP contribution in [-0.2, 0) is 14.3 Å². The highest BCUT2D eigenvalue weighted by atomic mass is 16.5. The van der Waals surface area contributed by atoms with E-state index in [0.29, 0.717) is 19.4 Å². The van der Waals surface area contributed by atoms with Gasteiger partial charge in [0, 0.05) is 12.8 Å². The number of aliphatic hydroxyl groups excluding tert-OH is 2. The van der Waals surface area contributed by atoms with Crippen LogP contribution in [0.5, 0.6) is 0 Å². The molecule has 1 amide bonds. The summed E-state index contributed by atoms with van der Waals surface area (Å²) in [6.07, 6.45) is 80.6. The van der Waals surface area contributed by atoms with Crippen molar-refractivity contribution in [1.82, 2.24) is 5.32 Å². The first-order valence-electron chi connectivity index (χ1n) is 33.3. The fraction of sp³-hybridized carbons (Fsp3) is 0.882. The highest BCUT2D eigenvalue weighted by molar-refractivity contribution is 5.76. The first kappa shape index (κ1) is 72.1. The minimum Gasteiger partial charge on any atom is -0.466 e. The van der Waals surface area contributed by atoms with Gasteiger partial charge in [-0.05, 0) is 83.5 Å². The van der Waals surface area contributed by atoms with E-state index in [1.807, 2.05) is 6.08 Å². The number of aliphatic hydroxyl groups is 2. The van der Waals surface area contributed by atoms with Crippen molar-refractivity contribution >= 4 is 11.9 Å². The van der Waals surface area contributed by atoms with Gasteiger partial charge in [0.25, 0.3) is 0 Å². The van der Waals surface area contributed by atoms with Gasteiger partial charge in [0.2, 0.25) is 5.91 Å². The monoisotopic (exact) mass is 1040 g/mol. The molecule has 0 heterocycles. The topological polar surface area (TPSA) is 95.9 Å². The summed E-state index contributed by atoms with van der Waals surface area (Å²) in [6, 6.07) is -0.631. The predicted molar refractivity (Wildman–Crippen MR) is 324 cm³/mol. The maximum Gasteiger partial charge on any atom is 0.305 e. The van der Waals surface area contributed by atoms with Crippen molar-refractivity contribution in [3.63, 3.8) is 0 Å². The number of unbranched alkanes of at least 4 members (excludes halogenated alkanes) is 47. The lowest BCUT2D eigenvalue weighted by Gasteiger charge is -2.20. The van der Waals surface area contributed by atoms with Gasteiger partial charge in [-0.2, -0.15) is 0 Å². The Labute approximate surface area is 462 Å². The van der Waals surface area contributed by atoms with E-state index in [1.165, 1.54) is 289 Å². The van der Waals surface area contributed by atoms with E-state index in [1.54, 1.807) is 6.08 Å². The number of amides is 1. The molecule has 6 nitrogen and oxygen atoms in total. The van der Waals surface area contributed by atoms with Crippen molar-refractivity contribution in [2.75, 3.05) is 13.2 Å². The van der Waals surface area contributed by atoms with Crippen LogP contribution in [0.4, 0.5) is 0 Å². The largest absolute Gasteiger partial charge is 0.466 e. The van der Waals surface area contributed by atoms with Gasteiger partial charge in [-0.25, -0.2) is 0 Å². The zero-order chi connectivity index (χ0) is 53.6. The molecule has 0 bridgehead atoms. The standard InChI is InChI=1S/C68H129NO5/c1-3-5-7-9-11-13-15-17-19-20-27-31-34-38-42-46-50-54-58-62-68(73)74-63-59-55-51-47-43-39-35-32-29-26-24-22-21-23-25-28-30-33-37-41-45-49-53-57-61-67(72)69-65(64-70)66(71)60-56-52-48-44-40-36-18-16-14-12-10-8-6-4-2/h17,19,23,25,56,60,65-66,70-71H,3-16,18,20-22,24,26-55,57-59,61-64H2,1-2H3,(H,69,72)/b19-17-,25-23-,60-56+. The Morgan fingerprint density at radius 3 is 0.959 bits per heavy atom. The fourth-order valence-corrected chi connectivity index (χ4v) is 10.3. The number of allylic oxidation sites excluding steroid dienone is 5. The molecule has 0 spiro atoms. The fourth-order valence-electron chi connectivity index (χ4n) is 10.3. The molecule has 0 aliphatic carbocycles. The zero-order valence-corrected chi connectivity index (χ0v) is 49.8. The normalized spacial score (nSPS) is 12.8. The van der Waals surface area contributed by atoms with Crippen LogP contribution in [-0.4, -0.2) is 47.4 Å². The summed E-state index contributed by atoms with van der Waals surface area (Å²) < 4.78 is 5.50. The van der Waals surface area contributed by atoms with Crippen molar-refractivity contribution in [1.29, 1.82) is 0 Å². The lowest BCUT2D eigenvalue weighted by atomic mass is 10.0. The Morgan fingerprint density at radius 2 is 0.635 bits per heavy atom. The number of carbonyl (C=O) groups is 2. The van der Waals surface area contributed by atoms with Crippen LogP contribution in [0.15, 0.2) is 36.5 Å². The van der Waals surface area contributed by atoms with Gasteiger partial charge in [-0.1, -0.05) is 301 Å². The molecule has 0 aliphatic rings. The van der Waals surface area contributed by atoms with Crippen molar-refractivity contribution < 1.29 is 24.5 Å². The molecule has 0 aliphatic heterocycles. The zero-order valence-electron chi connectivity index (χ0n) is 49.8. The number of rotatable bonds is 62. The van der Waals surface area contributed by atoms with Crippen molar-refractivity contribution in [2.45, 2.75) is 373 Å². The van der Waals surface area contributed by atoms with E-state index in [-0.39, 0.29) is 18.5 Å². The van der Waals surface area contributed by atoms with Gasteiger partial charge in [0.15, 0.2) is 0 Å². The predicted octanol–water partition coefficient (Wildman–Crippen LogP) is 21.1. The maximum atomic E-state index is 12.5. The summed E-state index contributed by atoms with van der Waals surface area (Å²) in [5.41, 5.74) is 0. The minimum absolute atomic E-state index is 0.0118. The number of esters is 1. The molecule has 0 radical (unpaired) electrons. The molecule has 0 aromatic heterocycles. The summed E-state index contributed by atoms with van der Waals surface area (Å²) in [5.74, 6) is -0.0596. The number of ether oxygens (including phenoxy) is 1. The molecule has 2 atom stereocenters. The Hall–Kier alpha value is -1.92. The molecule has 6 heteroatoms. The lowest BCUT2D eigenvalue weighted by Crippen LogP contribution is -2.45. The summed E-state index contributed by atoms with van der Waals surface area (Å²) in [7, 11) is 0. The average molecular weight is 1040 g/mol. The molecule has 0 rings (SSSR count). The molecule has 0 saturated heterocycles. The first-order valence-corrected chi connectivity index (χ1v) is 33.3. The van der Waals surface area contributed by atoms with Crippen LogP contribution in [0.3, 0.4) is 0 Å². The molecule has 3 N–H and O–H groups in total. The molecule has 2 unspecified atom stereocenters. The van der Waals surface area contributed by atoms with Gasteiger partial charge in [0.05, 0.1) is 25.4 Å². The molecule has 0 aromatic carbocycles. The average Bonchev–Trinajstić information content (AvgIpc) is 3.40. The van der Waals surface area contributed by atoms with E-state index in [4.69, 9.17) is 4.74 Å². The summed E-state index contributed by atoms with van der Waals surface area (Å²) in [5, 5.41) is 23.1. The Kier molecular flexibility index (Phi) is 62.0. The quantitative estimate of drug-likeness (QED) is 0.0320. The van der Waals surface area contributed by atoms with Gasteiger partial charge in [-0.3, -0.25) is 9.59 Å². The van der Waals surface area contributed by atoms with E-state index >= 15 is 0 Å². The highest BCUT2D eigenvalue weighted by Crippen LogP contribution is 2.17. The van der Waals surface area contributed by atoms with Crippen molar-refractivity contribution in [2.24, 2.45) is 0 Å². The van der Waals surface area contributed by atoms with Gasteiger partial charge >= 0.3 is 5.97 Å². The van der Waals surface area contributed by atoms with Gasteiger partial charge in [0.1, 0.15) is 0 Å². The van der Waals surface area contributed by atoms with Crippen LogP contribution in [0.2, 0.25) is 0 Å². The third kappa shape index (κ3) is 59.3. The minimum atomic E-state index is -0.847. The summed E-state index contributed by atoms with van der Waals surface area (Å²) in [6.45, 7) is 4.91. The maximum absolute atomic E-state index is 12.5. The first-order chi connectivity index (χ1) is 36.5.